The van der Waals surface area contributed by atoms with Crippen LogP contribution in [0.1, 0.15) is 41.8 Å². The average Bonchev–Trinajstić information content (AvgIpc) is 3.04. The first kappa shape index (κ1) is 21.9. The van der Waals surface area contributed by atoms with Crippen molar-refractivity contribution in [3.8, 4) is 0 Å². The molecule has 1 heterocycles. The van der Waals surface area contributed by atoms with Gasteiger partial charge in [0, 0.05) is 6.54 Å². The Morgan fingerprint density at radius 1 is 1.27 bits per heavy atom. The van der Waals surface area contributed by atoms with Crippen LogP contribution in [0, 0.1) is 11.6 Å². The van der Waals surface area contributed by atoms with E-state index in [0.29, 0.717) is 23.8 Å². The number of nitrogens with two attached hydrogens (primary N) is 1. The second-order valence-electron chi connectivity index (χ2n) is 5.36. The van der Waals surface area contributed by atoms with Gasteiger partial charge >= 0.3 is 0 Å². The van der Waals surface area contributed by atoms with Crippen LogP contribution in [-0.4, -0.2) is 18.4 Å². The minimum absolute atomic E-state index is 0. The number of carbonyl (C=O) groups excluding carboxylic acids is 1. The lowest BCUT2D eigenvalue weighted by Gasteiger charge is -2.18. The summed E-state index contributed by atoms with van der Waals surface area (Å²) in [6, 6.07) is 6.53. The summed E-state index contributed by atoms with van der Waals surface area (Å²) in [7, 11) is 0. The maximum atomic E-state index is 13.4. The normalized spacial score (nSPS) is 12.2. The van der Waals surface area contributed by atoms with E-state index in [1.54, 1.807) is 13.0 Å². The molecule has 2 aromatic rings. The fourth-order valence-electron chi connectivity index (χ4n) is 2.14. The molecule has 0 bridgehead atoms. The van der Waals surface area contributed by atoms with Gasteiger partial charge in [-0.25, -0.2) is 13.8 Å². The molecule has 26 heavy (non-hydrogen) atoms. The van der Waals surface area contributed by atoms with Gasteiger partial charge in [-0.15, -0.1) is 24.0 Å². The SMILES string of the molecule is CCNC(=NCc1ccc(C(N)=O)o1)NC(C)c1ccc(F)c(F)c1.I. The zero-order valence-electron chi connectivity index (χ0n) is 14.4. The summed E-state index contributed by atoms with van der Waals surface area (Å²) in [5.74, 6) is -1.42. The number of amides is 1. The maximum absolute atomic E-state index is 13.4. The molecular formula is C17H21F2IN4O2. The summed E-state index contributed by atoms with van der Waals surface area (Å²) in [5.41, 5.74) is 5.72. The van der Waals surface area contributed by atoms with Gasteiger partial charge in [-0.2, -0.15) is 0 Å². The number of primary amides is 1. The highest BCUT2D eigenvalue weighted by Gasteiger charge is 2.11. The molecule has 4 N–H and O–H groups in total. The molecule has 1 aromatic carbocycles. The summed E-state index contributed by atoms with van der Waals surface area (Å²) >= 11 is 0. The monoisotopic (exact) mass is 478 g/mol. The van der Waals surface area contributed by atoms with Crippen molar-refractivity contribution in [2.24, 2.45) is 10.7 Å². The Kier molecular flexibility index (Phi) is 8.49. The van der Waals surface area contributed by atoms with Crippen LogP contribution in [0.3, 0.4) is 0 Å². The van der Waals surface area contributed by atoms with Crippen molar-refractivity contribution in [1.29, 1.82) is 0 Å². The number of halogens is 3. The Morgan fingerprint density at radius 3 is 2.58 bits per heavy atom. The number of guanidine groups is 1. The second-order valence-corrected chi connectivity index (χ2v) is 5.36. The van der Waals surface area contributed by atoms with Gasteiger partial charge in [0.1, 0.15) is 12.3 Å². The molecule has 0 aliphatic carbocycles. The molecule has 1 atom stereocenters. The summed E-state index contributed by atoms with van der Waals surface area (Å²) in [4.78, 5) is 15.4. The van der Waals surface area contributed by atoms with Crippen LogP contribution in [-0.2, 0) is 6.54 Å². The Hall–Kier alpha value is -2.17. The van der Waals surface area contributed by atoms with Gasteiger partial charge in [0.2, 0.25) is 0 Å². The van der Waals surface area contributed by atoms with E-state index < -0.39 is 17.5 Å². The van der Waals surface area contributed by atoms with Gasteiger partial charge in [-0.05, 0) is 43.7 Å². The number of nitrogens with one attached hydrogen (secondary N) is 2. The molecule has 0 aliphatic rings. The molecular weight excluding hydrogens is 457 g/mol. The number of carbonyl (C=O) groups is 1. The highest BCUT2D eigenvalue weighted by Crippen LogP contribution is 2.16. The van der Waals surface area contributed by atoms with E-state index in [4.69, 9.17) is 10.2 Å². The number of aliphatic imine (C=N–C) groups is 1. The Balaban J connectivity index is 0.00000338. The highest BCUT2D eigenvalue weighted by molar-refractivity contribution is 14.0. The number of hydrogen-bond acceptors (Lipinski definition) is 3. The molecule has 1 aromatic heterocycles. The molecule has 1 amide bonds. The first-order valence-corrected chi connectivity index (χ1v) is 7.79. The molecule has 1 unspecified atom stereocenters. The minimum atomic E-state index is -0.900. The van der Waals surface area contributed by atoms with Crippen molar-refractivity contribution in [2.75, 3.05) is 6.54 Å². The third kappa shape index (κ3) is 5.97. The Morgan fingerprint density at radius 2 is 2.00 bits per heavy atom. The summed E-state index contributed by atoms with van der Waals surface area (Å²) < 4.78 is 31.7. The third-order valence-corrected chi connectivity index (χ3v) is 3.44. The topological polar surface area (TPSA) is 92.6 Å². The van der Waals surface area contributed by atoms with E-state index in [-0.39, 0.29) is 42.3 Å². The smallest absolute Gasteiger partial charge is 0.284 e. The fourth-order valence-corrected chi connectivity index (χ4v) is 2.14. The molecule has 2 rings (SSSR count). The van der Waals surface area contributed by atoms with E-state index >= 15 is 0 Å². The fraction of sp³-hybridized carbons (Fsp3) is 0.294. The van der Waals surface area contributed by atoms with E-state index in [1.165, 1.54) is 12.1 Å². The zero-order valence-corrected chi connectivity index (χ0v) is 16.7. The van der Waals surface area contributed by atoms with Crippen molar-refractivity contribution in [2.45, 2.75) is 26.4 Å². The lowest BCUT2D eigenvalue weighted by Crippen LogP contribution is -2.38. The first-order valence-electron chi connectivity index (χ1n) is 7.79. The summed E-state index contributed by atoms with van der Waals surface area (Å²) in [6.45, 7) is 4.50. The first-order chi connectivity index (χ1) is 11.9. The van der Waals surface area contributed by atoms with Crippen molar-refractivity contribution >= 4 is 35.8 Å². The van der Waals surface area contributed by atoms with Gasteiger partial charge < -0.3 is 20.8 Å². The predicted octanol–water partition coefficient (Wildman–Crippen LogP) is 3.09. The molecule has 0 saturated heterocycles. The predicted molar refractivity (Wildman–Crippen MR) is 105 cm³/mol. The lowest BCUT2D eigenvalue weighted by atomic mass is 10.1. The van der Waals surface area contributed by atoms with Crippen LogP contribution in [0.5, 0.6) is 0 Å². The van der Waals surface area contributed by atoms with E-state index in [2.05, 4.69) is 15.6 Å². The molecule has 6 nitrogen and oxygen atoms in total. The molecule has 0 fully saturated rings. The van der Waals surface area contributed by atoms with Gasteiger partial charge in [-0.3, -0.25) is 4.79 Å². The van der Waals surface area contributed by atoms with Gasteiger partial charge in [0.05, 0.1) is 6.04 Å². The summed E-state index contributed by atoms with van der Waals surface area (Å²) in [5, 5.41) is 6.14. The molecule has 0 aliphatic heterocycles. The van der Waals surface area contributed by atoms with Crippen LogP contribution in [0.2, 0.25) is 0 Å². The minimum Gasteiger partial charge on any atom is -0.454 e. The van der Waals surface area contributed by atoms with Crippen molar-refractivity contribution in [3.05, 3.63) is 59.1 Å². The largest absolute Gasteiger partial charge is 0.454 e. The van der Waals surface area contributed by atoms with Crippen LogP contribution < -0.4 is 16.4 Å². The van der Waals surface area contributed by atoms with Gasteiger partial charge in [0.25, 0.3) is 5.91 Å². The number of furan rings is 1. The molecule has 142 valence electrons. The number of benzene rings is 1. The van der Waals surface area contributed by atoms with Gasteiger partial charge in [-0.1, -0.05) is 6.07 Å². The highest BCUT2D eigenvalue weighted by atomic mass is 127. The van der Waals surface area contributed by atoms with Gasteiger partial charge in [0.15, 0.2) is 23.4 Å². The van der Waals surface area contributed by atoms with Crippen molar-refractivity contribution in [3.63, 3.8) is 0 Å². The Labute approximate surface area is 167 Å². The number of rotatable bonds is 6. The standard InChI is InChI=1S/C17H20F2N4O2.HI/c1-3-21-17(22-9-12-5-7-15(25-12)16(20)24)23-10(2)11-4-6-13(18)14(19)8-11;/h4-8,10H,3,9H2,1-2H3,(H2,20,24)(H2,21,22,23);1H. The molecule has 0 saturated carbocycles. The maximum Gasteiger partial charge on any atom is 0.284 e. The molecule has 9 heteroatoms. The number of nitrogens with zero attached hydrogens (tertiary/aromatic N) is 1. The van der Waals surface area contributed by atoms with Crippen molar-refractivity contribution in [1.82, 2.24) is 10.6 Å². The molecule has 0 spiro atoms. The summed E-state index contributed by atoms with van der Waals surface area (Å²) in [6.07, 6.45) is 0. The second kappa shape index (κ2) is 10.1. The third-order valence-electron chi connectivity index (χ3n) is 3.44. The van der Waals surface area contributed by atoms with E-state index in [1.807, 2.05) is 6.92 Å². The van der Waals surface area contributed by atoms with Crippen LogP contribution in [0.4, 0.5) is 8.78 Å². The molecule has 0 radical (unpaired) electrons. The van der Waals surface area contributed by atoms with E-state index in [0.717, 1.165) is 12.1 Å². The van der Waals surface area contributed by atoms with Crippen LogP contribution in [0.25, 0.3) is 0 Å². The lowest BCUT2D eigenvalue weighted by molar-refractivity contribution is 0.0972. The van der Waals surface area contributed by atoms with Crippen LogP contribution in [0.15, 0.2) is 39.7 Å². The van der Waals surface area contributed by atoms with E-state index in [9.17, 15) is 13.6 Å². The number of hydrogen-bond donors (Lipinski definition) is 3. The quantitative estimate of drug-likeness (QED) is 0.338. The van der Waals surface area contributed by atoms with Crippen LogP contribution >= 0.6 is 24.0 Å². The van der Waals surface area contributed by atoms with Crippen molar-refractivity contribution < 1.29 is 18.0 Å². The Bertz CT molecular complexity index is 780. The average molecular weight is 478 g/mol. The zero-order chi connectivity index (χ0) is 18.4.